The van der Waals surface area contributed by atoms with E-state index in [0.29, 0.717) is 23.3 Å². The Labute approximate surface area is 151 Å². The highest BCUT2D eigenvalue weighted by Crippen LogP contribution is 2.23. The molecule has 0 aliphatic heterocycles. The van der Waals surface area contributed by atoms with Gasteiger partial charge < -0.3 is 15.0 Å². The lowest BCUT2D eigenvalue weighted by Gasteiger charge is -2.14. The van der Waals surface area contributed by atoms with Crippen LogP contribution in [0.2, 0.25) is 0 Å². The number of carbonyl (C=O) groups is 1. The minimum Gasteiger partial charge on any atom is -0.477 e. The predicted molar refractivity (Wildman–Crippen MR) is 102 cm³/mol. The van der Waals surface area contributed by atoms with Gasteiger partial charge in [0.1, 0.15) is 11.2 Å². The van der Waals surface area contributed by atoms with Crippen LogP contribution in [0.4, 0.5) is 11.4 Å². The zero-order valence-electron chi connectivity index (χ0n) is 15.0. The molecule has 2 N–H and O–H groups in total. The molecular weight excluding hydrogens is 330 g/mol. The van der Waals surface area contributed by atoms with E-state index in [0.717, 1.165) is 17.8 Å². The largest absolute Gasteiger partial charge is 0.477 e. The Balaban J connectivity index is 2.14. The van der Waals surface area contributed by atoms with Crippen molar-refractivity contribution >= 4 is 28.4 Å². The number of hydrogen-bond acceptors (Lipinski definition) is 4. The second kappa shape index (κ2) is 7.00. The molecule has 3 aromatic rings. The highest BCUT2D eigenvalue weighted by molar-refractivity contribution is 5.92. The zero-order valence-corrected chi connectivity index (χ0v) is 15.0. The van der Waals surface area contributed by atoms with Gasteiger partial charge in [-0.15, -0.1) is 0 Å². The highest BCUT2D eigenvalue weighted by atomic mass is 16.4. The number of aryl methyl sites for hydroxylation is 3. The summed E-state index contributed by atoms with van der Waals surface area (Å²) < 4.78 is 1.69. The van der Waals surface area contributed by atoms with Gasteiger partial charge in [-0.3, -0.25) is 4.79 Å². The number of anilines is 2. The lowest BCUT2D eigenvalue weighted by atomic mass is 10.1. The minimum absolute atomic E-state index is 0.247. The SMILES string of the molecule is CCc1ccc(Nc2cc3c(=O)c(C(=O)O)cn(CC)c3nc2C)cc1. The van der Waals surface area contributed by atoms with Crippen LogP contribution in [0.3, 0.4) is 0 Å². The summed E-state index contributed by atoms with van der Waals surface area (Å²) >= 11 is 0. The average molecular weight is 351 g/mol. The van der Waals surface area contributed by atoms with Crippen molar-refractivity contribution < 1.29 is 9.90 Å². The molecule has 134 valence electrons. The van der Waals surface area contributed by atoms with Gasteiger partial charge in [0.15, 0.2) is 0 Å². The van der Waals surface area contributed by atoms with Crippen molar-refractivity contribution in [2.24, 2.45) is 0 Å². The molecule has 1 aromatic carbocycles. The van der Waals surface area contributed by atoms with E-state index < -0.39 is 11.4 Å². The molecule has 0 amide bonds. The van der Waals surface area contributed by atoms with Gasteiger partial charge in [-0.1, -0.05) is 19.1 Å². The minimum atomic E-state index is -1.23. The number of nitrogens with one attached hydrogen (secondary N) is 1. The number of aromatic carboxylic acids is 1. The van der Waals surface area contributed by atoms with Gasteiger partial charge in [-0.05, 0) is 44.0 Å². The van der Waals surface area contributed by atoms with E-state index in [1.807, 2.05) is 38.1 Å². The molecule has 0 aliphatic rings. The fraction of sp³-hybridized carbons (Fsp3) is 0.250. The molecule has 0 radical (unpaired) electrons. The van der Waals surface area contributed by atoms with Crippen molar-refractivity contribution in [3.05, 3.63) is 63.6 Å². The van der Waals surface area contributed by atoms with Crippen LogP contribution in [0, 0.1) is 6.92 Å². The van der Waals surface area contributed by atoms with E-state index >= 15 is 0 Å². The molecule has 0 fully saturated rings. The number of hydrogen-bond donors (Lipinski definition) is 2. The number of pyridine rings is 2. The van der Waals surface area contributed by atoms with Gasteiger partial charge in [-0.25, -0.2) is 9.78 Å². The Bertz CT molecular complexity index is 1040. The summed E-state index contributed by atoms with van der Waals surface area (Å²) in [4.78, 5) is 28.5. The van der Waals surface area contributed by atoms with E-state index in [9.17, 15) is 14.7 Å². The summed E-state index contributed by atoms with van der Waals surface area (Å²) in [5.41, 5.74) is 3.27. The normalized spacial score (nSPS) is 10.9. The number of benzene rings is 1. The van der Waals surface area contributed by atoms with Gasteiger partial charge in [0.05, 0.1) is 16.8 Å². The third-order valence-corrected chi connectivity index (χ3v) is 4.45. The smallest absolute Gasteiger partial charge is 0.341 e. The summed E-state index contributed by atoms with van der Waals surface area (Å²) in [5.74, 6) is -1.23. The van der Waals surface area contributed by atoms with Crippen molar-refractivity contribution in [2.75, 3.05) is 5.32 Å². The van der Waals surface area contributed by atoms with Crippen LogP contribution in [0.25, 0.3) is 11.0 Å². The molecule has 0 unspecified atom stereocenters. The van der Waals surface area contributed by atoms with Crippen LogP contribution < -0.4 is 10.7 Å². The second-order valence-corrected chi connectivity index (χ2v) is 6.13. The average Bonchev–Trinajstić information content (AvgIpc) is 2.63. The summed E-state index contributed by atoms with van der Waals surface area (Å²) in [5, 5.41) is 12.9. The molecule has 3 rings (SSSR count). The van der Waals surface area contributed by atoms with Crippen molar-refractivity contribution in [1.29, 1.82) is 0 Å². The summed E-state index contributed by atoms with van der Waals surface area (Å²) in [6, 6.07) is 9.71. The first-order valence-electron chi connectivity index (χ1n) is 8.58. The molecule has 6 nitrogen and oxygen atoms in total. The standard InChI is InChI=1S/C20H21N3O3/c1-4-13-6-8-14(9-7-13)22-17-10-15-18(24)16(20(25)26)11-23(5-2)19(15)21-12(17)3/h6-11,22H,4-5H2,1-3H3,(H,25,26). The molecule has 0 atom stereocenters. The molecule has 0 bridgehead atoms. The Morgan fingerprint density at radius 1 is 1.23 bits per heavy atom. The highest BCUT2D eigenvalue weighted by Gasteiger charge is 2.16. The van der Waals surface area contributed by atoms with Crippen LogP contribution in [0.15, 0.2) is 41.3 Å². The third kappa shape index (κ3) is 3.18. The maximum absolute atomic E-state index is 12.6. The lowest BCUT2D eigenvalue weighted by molar-refractivity contribution is 0.0695. The Hall–Kier alpha value is -3.15. The number of rotatable bonds is 5. The number of carboxylic acids is 1. The van der Waals surface area contributed by atoms with Crippen LogP contribution in [-0.4, -0.2) is 20.6 Å². The summed E-state index contributed by atoms with van der Waals surface area (Å²) in [7, 11) is 0. The molecule has 2 aromatic heterocycles. The molecule has 0 saturated heterocycles. The van der Waals surface area contributed by atoms with Gasteiger partial charge >= 0.3 is 5.97 Å². The van der Waals surface area contributed by atoms with Crippen molar-refractivity contribution in [2.45, 2.75) is 33.7 Å². The molecule has 6 heteroatoms. The van der Waals surface area contributed by atoms with Gasteiger partial charge in [0.25, 0.3) is 0 Å². The molecule has 0 aliphatic carbocycles. The zero-order chi connectivity index (χ0) is 18.8. The second-order valence-electron chi connectivity index (χ2n) is 6.13. The van der Waals surface area contributed by atoms with Gasteiger partial charge in [0, 0.05) is 18.4 Å². The van der Waals surface area contributed by atoms with E-state index in [4.69, 9.17) is 0 Å². The summed E-state index contributed by atoms with van der Waals surface area (Å²) in [6.45, 7) is 6.36. The molecule has 0 spiro atoms. The lowest BCUT2D eigenvalue weighted by Crippen LogP contribution is -2.19. The van der Waals surface area contributed by atoms with Crippen molar-refractivity contribution in [1.82, 2.24) is 9.55 Å². The maximum atomic E-state index is 12.6. The Kier molecular flexibility index (Phi) is 4.75. The first kappa shape index (κ1) is 17.7. The first-order valence-corrected chi connectivity index (χ1v) is 8.58. The molecule has 0 saturated carbocycles. The number of nitrogens with zero attached hydrogens (tertiary/aromatic N) is 2. The van der Waals surface area contributed by atoms with E-state index in [1.165, 1.54) is 11.8 Å². The molecule has 26 heavy (non-hydrogen) atoms. The van der Waals surface area contributed by atoms with Gasteiger partial charge in [-0.2, -0.15) is 0 Å². The van der Waals surface area contributed by atoms with Gasteiger partial charge in [0.2, 0.25) is 5.43 Å². The number of fused-ring (bicyclic) bond motifs is 1. The topological polar surface area (TPSA) is 84.2 Å². The number of aromatic nitrogens is 2. The Morgan fingerprint density at radius 3 is 2.50 bits per heavy atom. The monoisotopic (exact) mass is 351 g/mol. The van der Waals surface area contributed by atoms with E-state index in [2.05, 4.69) is 17.2 Å². The van der Waals surface area contributed by atoms with Crippen LogP contribution in [0.1, 0.15) is 35.5 Å². The fourth-order valence-electron chi connectivity index (χ4n) is 2.90. The molecule has 2 heterocycles. The fourth-order valence-corrected chi connectivity index (χ4v) is 2.90. The quantitative estimate of drug-likeness (QED) is 0.732. The maximum Gasteiger partial charge on any atom is 0.341 e. The predicted octanol–water partition coefficient (Wildman–Crippen LogP) is 3.73. The Morgan fingerprint density at radius 2 is 1.92 bits per heavy atom. The van der Waals surface area contributed by atoms with Crippen LogP contribution in [-0.2, 0) is 13.0 Å². The first-order chi connectivity index (χ1) is 12.4. The van der Waals surface area contributed by atoms with Crippen molar-refractivity contribution in [3.8, 4) is 0 Å². The number of carboxylic acid groups (broad SMARTS) is 1. The van der Waals surface area contributed by atoms with Crippen molar-refractivity contribution in [3.63, 3.8) is 0 Å². The summed E-state index contributed by atoms with van der Waals surface area (Å²) in [6.07, 6.45) is 2.32. The van der Waals surface area contributed by atoms with Crippen LogP contribution in [0.5, 0.6) is 0 Å². The third-order valence-electron chi connectivity index (χ3n) is 4.45. The van der Waals surface area contributed by atoms with E-state index in [1.54, 1.807) is 10.6 Å². The van der Waals surface area contributed by atoms with E-state index in [-0.39, 0.29) is 5.56 Å². The van der Waals surface area contributed by atoms with Crippen LogP contribution >= 0.6 is 0 Å². The molecular formula is C20H21N3O3.